The SMILES string of the molecule is Cc1cc(-n2ccc(=O)[nH]c2=O)cc(C)c1CCS(=O)(=O)N1CCC2(CC1)N=C(C1CCC(C)CC1)NC2=O. The Morgan fingerprint density at radius 2 is 1.67 bits per heavy atom. The Morgan fingerprint density at radius 1 is 1.03 bits per heavy atom. The molecule has 11 heteroatoms. The number of aromatic amines is 1. The Kier molecular flexibility index (Phi) is 7.41. The number of nitrogens with zero attached hydrogens (tertiary/aromatic N) is 3. The van der Waals surface area contributed by atoms with Crippen molar-refractivity contribution < 1.29 is 13.2 Å². The van der Waals surface area contributed by atoms with Gasteiger partial charge in [0, 0.05) is 31.3 Å². The molecule has 1 aromatic carbocycles. The Labute approximate surface area is 228 Å². The summed E-state index contributed by atoms with van der Waals surface area (Å²) in [6, 6.07) is 4.92. The fraction of sp³-hybridized carbons (Fsp3) is 0.571. The zero-order chi connectivity index (χ0) is 27.9. The van der Waals surface area contributed by atoms with Gasteiger partial charge in [-0.15, -0.1) is 0 Å². The van der Waals surface area contributed by atoms with Gasteiger partial charge < -0.3 is 5.32 Å². The van der Waals surface area contributed by atoms with Crippen LogP contribution in [0.25, 0.3) is 5.69 Å². The Bertz CT molecular complexity index is 1500. The number of rotatable bonds is 6. The lowest BCUT2D eigenvalue weighted by molar-refractivity contribution is -0.125. The van der Waals surface area contributed by atoms with E-state index in [2.05, 4.69) is 17.2 Å². The van der Waals surface area contributed by atoms with Gasteiger partial charge in [0.2, 0.25) is 10.0 Å². The van der Waals surface area contributed by atoms with Crippen LogP contribution >= 0.6 is 0 Å². The third kappa shape index (κ3) is 5.51. The third-order valence-corrected chi connectivity index (χ3v) is 10.6. The highest BCUT2D eigenvalue weighted by Crippen LogP contribution is 2.36. The molecule has 0 atom stereocenters. The molecule has 210 valence electrons. The van der Waals surface area contributed by atoms with Gasteiger partial charge in [-0.25, -0.2) is 17.5 Å². The maximum absolute atomic E-state index is 13.3. The van der Waals surface area contributed by atoms with Crippen LogP contribution in [0, 0.1) is 25.7 Å². The predicted octanol–water partition coefficient (Wildman–Crippen LogP) is 2.20. The molecule has 5 rings (SSSR count). The summed E-state index contributed by atoms with van der Waals surface area (Å²) < 4.78 is 29.4. The highest BCUT2D eigenvalue weighted by Gasteiger charge is 2.48. The highest BCUT2D eigenvalue weighted by atomic mass is 32.2. The summed E-state index contributed by atoms with van der Waals surface area (Å²) in [5.74, 6) is 1.70. The van der Waals surface area contributed by atoms with Gasteiger partial charge in [0.1, 0.15) is 11.4 Å². The number of amides is 1. The van der Waals surface area contributed by atoms with Crippen LogP contribution in [0.15, 0.2) is 39.0 Å². The molecule has 2 aliphatic heterocycles. The summed E-state index contributed by atoms with van der Waals surface area (Å²) in [5, 5.41) is 3.04. The number of aryl methyl sites for hydroxylation is 2. The molecule has 2 N–H and O–H groups in total. The van der Waals surface area contributed by atoms with Crippen molar-refractivity contribution in [2.24, 2.45) is 16.8 Å². The van der Waals surface area contributed by atoms with E-state index in [4.69, 9.17) is 4.99 Å². The minimum atomic E-state index is -3.53. The minimum Gasteiger partial charge on any atom is -0.312 e. The van der Waals surface area contributed by atoms with Gasteiger partial charge in [-0.3, -0.25) is 24.1 Å². The number of H-pyrrole nitrogens is 1. The summed E-state index contributed by atoms with van der Waals surface area (Å²) in [6.07, 6.45) is 6.92. The molecule has 1 saturated heterocycles. The molecule has 10 nitrogen and oxygen atoms in total. The van der Waals surface area contributed by atoms with E-state index >= 15 is 0 Å². The lowest BCUT2D eigenvalue weighted by Crippen LogP contribution is -2.51. The van der Waals surface area contributed by atoms with Crippen LogP contribution in [0.4, 0.5) is 0 Å². The van der Waals surface area contributed by atoms with Crippen LogP contribution in [-0.2, 0) is 21.2 Å². The van der Waals surface area contributed by atoms with Crippen LogP contribution < -0.4 is 16.6 Å². The molecule has 2 fully saturated rings. The number of carbonyl (C=O) groups excluding carboxylic acids is 1. The zero-order valence-electron chi connectivity index (χ0n) is 22.8. The van der Waals surface area contributed by atoms with Gasteiger partial charge in [-0.1, -0.05) is 19.8 Å². The Balaban J connectivity index is 1.24. The first-order valence-electron chi connectivity index (χ1n) is 13.8. The molecule has 0 bridgehead atoms. The van der Waals surface area contributed by atoms with Crippen molar-refractivity contribution in [2.45, 2.75) is 71.3 Å². The number of aromatic nitrogens is 2. The monoisotopic (exact) mass is 555 g/mol. The first-order chi connectivity index (χ1) is 18.5. The molecule has 1 amide bonds. The van der Waals surface area contributed by atoms with E-state index in [9.17, 15) is 22.8 Å². The average molecular weight is 556 g/mol. The van der Waals surface area contributed by atoms with Gasteiger partial charge in [0.25, 0.3) is 11.5 Å². The van der Waals surface area contributed by atoms with Gasteiger partial charge in [-0.2, -0.15) is 0 Å². The summed E-state index contributed by atoms with van der Waals surface area (Å²) in [5.41, 5.74) is 1.44. The molecular weight excluding hydrogens is 518 g/mol. The van der Waals surface area contributed by atoms with E-state index in [1.165, 1.54) is 21.1 Å². The van der Waals surface area contributed by atoms with Crippen molar-refractivity contribution >= 4 is 21.8 Å². The molecule has 0 unspecified atom stereocenters. The zero-order valence-corrected chi connectivity index (χ0v) is 23.6. The van der Waals surface area contributed by atoms with Gasteiger partial charge in [0.05, 0.1) is 11.4 Å². The molecule has 39 heavy (non-hydrogen) atoms. The maximum Gasteiger partial charge on any atom is 0.332 e. The maximum atomic E-state index is 13.3. The summed E-state index contributed by atoms with van der Waals surface area (Å²) in [7, 11) is -3.53. The standard InChI is InChI=1S/C28H37N5O5S/c1-18-4-6-21(7-5-18)25-30-26(35)28(31-25)10-13-32(14-11-28)39(37,38)15-9-23-19(2)16-22(17-20(23)3)33-12-8-24(34)29-27(33)36/h8,12,16-18,21H,4-7,9-11,13-15H2,1-3H3,(H,29,34,36)(H,30,31,35). The smallest absolute Gasteiger partial charge is 0.312 e. The topological polar surface area (TPSA) is 134 Å². The molecule has 3 heterocycles. The third-order valence-electron chi connectivity index (χ3n) is 8.74. The number of sulfonamides is 1. The summed E-state index contributed by atoms with van der Waals surface area (Å²) in [4.78, 5) is 43.7. The first-order valence-corrected chi connectivity index (χ1v) is 15.4. The molecule has 3 aliphatic rings. The molecule has 0 radical (unpaired) electrons. The number of hydrogen-bond acceptors (Lipinski definition) is 6. The Hall–Kier alpha value is -3.05. The number of aliphatic imine (C=N–C) groups is 1. The normalized spacial score (nSPS) is 23.6. The molecule has 1 aromatic heterocycles. The van der Waals surface area contributed by atoms with Crippen molar-refractivity contribution in [1.29, 1.82) is 0 Å². The van der Waals surface area contributed by atoms with Gasteiger partial charge >= 0.3 is 5.69 Å². The van der Waals surface area contributed by atoms with E-state index in [1.807, 2.05) is 26.0 Å². The quantitative estimate of drug-likeness (QED) is 0.564. The van der Waals surface area contributed by atoms with Gasteiger partial charge in [0.15, 0.2) is 0 Å². The lowest BCUT2D eigenvalue weighted by Gasteiger charge is -2.34. The molecular formula is C28H37N5O5S. The van der Waals surface area contributed by atoms with E-state index in [0.29, 0.717) is 36.8 Å². The molecule has 1 aliphatic carbocycles. The number of piperidine rings is 1. The number of benzene rings is 1. The fourth-order valence-electron chi connectivity index (χ4n) is 6.23. The summed E-state index contributed by atoms with van der Waals surface area (Å²) in [6.45, 7) is 6.60. The first kappa shape index (κ1) is 27.5. The van der Waals surface area contributed by atoms with Crippen molar-refractivity contribution in [1.82, 2.24) is 19.2 Å². The van der Waals surface area contributed by atoms with Crippen LogP contribution in [0.2, 0.25) is 0 Å². The van der Waals surface area contributed by atoms with Gasteiger partial charge in [-0.05, 0) is 80.7 Å². The second kappa shape index (κ2) is 10.5. The number of nitrogens with one attached hydrogen (secondary N) is 2. The predicted molar refractivity (Wildman–Crippen MR) is 150 cm³/mol. The van der Waals surface area contributed by atoms with Crippen LogP contribution in [0.3, 0.4) is 0 Å². The van der Waals surface area contributed by atoms with Crippen LogP contribution in [0.5, 0.6) is 0 Å². The number of hydrogen-bond donors (Lipinski definition) is 2. The van der Waals surface area contributed by atoms with E-state index in [0.717, 1.165) is 48.2 Å². The average Bonchev–Trinajstić information content (AvgIpc) is 3.19. The van der Waals surface area contributed by atoms with Crippen molar-refractivity contribution in [3.8, 4) is 5.69 Å². The van der Waals surface area contributed by atoms with E-state index in [-0.39, 0.29) is 24.7 Å². The van der Waals surface area contributed by atoms with E-state index in [1.54, 1.807) is 0 Å². The minimum absolute atomic E-state index is 0.0411. The second-order valence-corrected chi connectivity index (χ2v) is 13.5. The second-order valence-electron chi connectivity index (χ2n) is 11.4. The van der Waals surface area contributed by atoms with Crippen LogP contribution in [0.1, 0.15) is 62.1 Å². The van der Waals surface area contributed by atoms with Crippen molar-refractivity contribution in [3.05, 3.63) is 61.9 Å². The fourth-order valence-corrected chi connectivity index (χ4v) is 7.69. The van der Waals surface area contributed by atoms with E-state index < -0.39 is 26.8 Å². The number of amidine groups is 1. The summed E-state index contributed by atoms with van der Waals surface area (Å²) >= 11 is 0. The van der Waals surface area contributed by atoms with Crippen LogP contribution in [-0.4, -0.2) is 58.4 Å². The molecule has 1 spiro atoms. The highest BCUT2D eigenvalue weighted by molar-refractivity contribution is 7.89. The lowest BCUT2D eigenvalue weighted by atomic mass is 9.82. The largest absolute Gasteiger partial charge is 0.332 e. The number of carbonyl (C=O) groups is 1. The molecule has 1 saturated carbocycles. The van der Waals surface area contributed by atoms with Crippen molar-refractivity contribution in [3.63, 3.8) is 0 Å². The molecule has 2 aromatic rings. The van der Waals surface area contributed by atoms with Crippen molar-refractivity contribution in [2.75, 3.05) is 18.8 Å². The Morgan fingerprint density at radius 3 is 2.28 bits per heavy atom.